The molecule has 2 fully saturated rings. The van der Waals surface area contributed by atoms with E-state index in [4.69, 9.17) is 9.47 Å². The number of benzene rings is 2. The van der Waals surface area contributed by atoms with Gasteiger partial charge in [0.05, 0.1) is 20.3 Å². The van der Waals surface area contributed by atoms with Crippen LogP contribution in [0.3, 0.4) is 0 Å². The number of hydrogen-bond donors (Lipinski definition) is 0. The molecule has 0 atom stereocenters. The van der Waals surface area contributed by atoms with E-state index in [2.05, 4.69) is 36.9 Å². The van der Waals surface area contributed by atoms with Gasteiger partial charge in [0, 0.05) is 32.6 Å². The Bertz CT molecular complexity index is 1090. The van der Waals surface area contributed by atoms with Crippen LogP contribution >= 0.6 is 0 Å². The second-order valence-corrected chi connectivity index (χ2v) is 10.4. The molecule has 0 saturated carbocycles. The van der Waals surface area contributed by atoms with Crippen LogP contribution in [0.1, 0.15) is 43.4 Å². The SMILES string of the molecule is COc1ccc(CN2C(=O)N(CC(C)C)C3(CCN(Cc4ccc5c(c4)CCO5)CC3)C2=O)cc1. The fourth-order valence-corrected chi connectivity index (χ4v) is 5.61. The average molecular weight is 478 g/mol. The number of carbonyl (C=O) groups is 2. The highest BCUT2D eigenvalue weighted by Gasteiger charge is 2.57. The number of likely N-dealkylation sites (tertiary alicyclic amines) is 1. The molecule has 5 rings (SSSR count). The van der Waals surface area contributed by atoms with Gasteiger partial charge in [-0.25, -0.2) is 4.79 Å². The minimum absolute atomic E-state index is 0.0479. The molecule has 0 bridgehead atoms. The number of fused-ring (bicyclic) bond motifs is 1. The molecular formula is C28H35N3O4. The first-order valence-electron chi connectivity index (χ1n) is 12.6. The monoisotopic (exact) mass is 477 g/mol. The highest BCUT2D eigenvalue weighted by molar-refractivity contribution is 6.07. The van der Waals surface area contributed by atoms with Crippen LogP contribution in [-0.2, 0) is 24.3 Å². The summed E-state index contributed by atoms with van der Waals surface area (Å²) in [6.45, 7) is 8.28. The van der Waals surface area contributed by atoms with Crippen LogP contribution in [0.2, 0.25) is 0 Å². The number of rotatable bonds is 7. The summed E-state index contributed by atoms with van der Waals surface area (Å²) in [5.41, 5.74) is 2.74. The number of amides is 3. The second kappa shape index (κ2) is 9.53. The van der Waals surface area contributed by atoms with Crippen molar-refractivity contribution in [3.05, 3.63) is 59.2 Å². The van der Waals surface area contributed by atoms with Gasteiger partial charge in [-0.15, -0.1) is 0 Å². The van der Waals surface area contributed by atoms with Crippen LogP contribution in [0.25, 0.3) is 0 Å². The van der Waals surface area contributed by atoms with Crippen molar-refractivity contribution in [1.29, 1.82) is 0 Å². The number of imide groups is 1. The Morgan fingerprint density at radius 1 is 1.00 bits per heavy atom. The van der Waals surface area contributed by atoms with Gasteiger partial charge in [-0.2, -0.15) is 0 Å². The van der Waals surface area contributed by atoms with Gasteiger partial charge in [0.2, 0.25) is 0 Å². The molecule has 1 spiro atoms. The van der Waals surface area contributed by atoms with E-state index in [0.29, 0.717) is 25.9 Å². The minimum atomic E-state index is -0.740. The molecule has 0 aliphatic carbocycles. The number of ether oxygens (including phenoxy) is 2. The maximum Gasteiger partial charge on any atom is 0.327 e. The first kappa shape index (κ1) is 23.7. The standard InChI is InChI=1S/C28H35N3O4/c1-20(2)17-31-27(33)30(19-21-4-7-24(34-3)8-5-21)26(32)28(31)11-13-29(14-12-28)18-22-6-9-25-23(16-22)10-15-35-25/h4-9,16,20H,10-15,17-19H2,1-3H3. The Kier molecular flexibility index (Phi) is 6.45. The van der Waals surface area contributed by atoms with Crippen LogP contribution in [0.15, 0.2) is 42.5 Å². The van der Waals surface area contributed by atoms with Gasteiger partial charge < -0.3 is 14.4 Å². The highest BCUT2D eigenvalue weighted by atomic mass is 16.5. The lowest BCUT2D eigenvalue weighted by Gasteiger charge is -2.42. The fourth-order valence-electron chi connectivity index (χ4n) is 5.61. The highest BCUT2D eigenvalue weighted by Crippen LogP contribution is 2.39. The molecule has 2 saturated heterocycles. The summed E-state index contributed by atoms with van der Waals surface area (Å²) in [6, 6.07) is 13.9. The molecule has 2 aromatic carbocycles. The van der Waals surface area contributed by atoms with Crippen LogP contribution in [-0.4, -0.2) is 65.5 Å². The third kappa shape index (κ3) is 4.49. The molecular weight excluding hydrogens is 442 g/mol. The molecule has 35 heavy (non-hydrogen) atoms. The van der Waals surface area contributed by atoms with Gasteiger partial charge in [-0.1, -0.05) is 38.1 Å². The molecule has 0 unspecified atom stereocenters. The summed E-state index contributed by atoms with van der Waals surface area (Å²) in [7, 11) is 1.63. The van der Waals surface area contributed by atoms with Crippen molar-refractivity contribution < 1.29 is 19.1 Å². The lowest BCUT2D eigenvalue weighted by Crippen LogP contribution is -2.57. The van der Waals surface area contributed by atoms with Crippen molar-refractivity contribution in [3.8, 4) is 11.5 Å². The molecule has 3 aliphatic heterocycles. The van der Waals surface area contributed by atoms with E-state index in [-0.39, 0.29) is 17.9 Å². The van der Waals surface area contributed by atoms with Crippen LogP contribution in [0, 0.1) is 5.92 Å². The molecule has 186 valence electrons. The first-order chi connectivity index (χ1) is 16.9. The van der Waals surface area contributed by atoms with E-state index >= 15 is 0 Å². The Morgan fingerprint density at radius 3 is 2.40 bits per heavy atom. The number of piperidine rings is 1. The third-order valence-corrected chi connectivity index (χ3v) is 7.51. The number of carbonyl (C=O) groups excluding carboxylic acids is 2. The second-order valence-electron chi connectivity index (χ2n) is 10.4. The first-order valence-corrected chi connectivity index (χ1v) is 12.6. The lowest BCUT2D eigenvalue weighted by molar-refractivity contribution is -0.136. The van der Waals surface area contributed by atoms with Crippen LogP contribution in [0.4, 0.5) is 4.79 Å². The predicted octanol–water partition coefficient (Wildman–Crippen LogP) is 4.09. The van der Waals surface area contributed by atoms with Gasteiger partial charge in [-0.3, -0.25) is 14.6 Å². The van der Waals surface area contributed by atoms with Crippen molar-refractivity contribution in [2.45, 2.75) is 51.7 Å². The van der Waals surface area contributed by atoms with E-state index in [1.807, 2.05) is 29.2 Å². The van der Waals surface area contributed by atoms with Gasteiger partial charge in [0.25, 0.3) is 5.91 Å². The van der Waals surface area contributed by atoms with Gasteiger partial charge >= 0.3 is 6.03 Å². The summed E-state index contributed by atoms with van der Waals surface area (Å²) in [6.07, 6.45) is 2.30. The van der Waals surface area contributed by atoms with Crippen LogP contribution < -0.4 is 9.47 Å². The summed E-state index contributed by atoms with van der Waals surface area (Å²) >= 11 is 0. The maximum atomic E-state index is 13.8. The number of urea groups is 1. The molecule has 2 aromatic rings. The van der Waals surface area contributed by atoms with Gasteiger partial charge in [0.1, 0.15) is 17.0 Å². The molecule has 0 N–H and O–H groups in total. The van der Waals surface area contributed by atoms with E-state index in [1.54, 1.807) is 7.11 Å². The summed E-state index contributed by atoms with van der Waals surface area (Å²) < 4.78 is 10.9. The Morgan fingerprint density at radius 2 is 1.71 bits per heavy atom. The molecule has 0 radical (unpaired) electrons. The molecule has 7 nitrogen and oxygen atoms in total. The quantitative estimate of drug-likeness (QED) is 0.563. The van der Waals surface area contributed by atoms with Crippen molar-refractivity contribution in [2.24, 2.45) is 5.92 Å². The Hall–Kier alpha value is -3.06. The van der Waals surface area contributed by atoms with Gasteiger partial charge in [-0.05, 0) is 53.6 Å². The number of nitrogens with zero attached hydrogens (tertiary/aromatic N) is 3. The minimum Gasteiger partial charge on any atom is -0.497 e. The van der Waals surface area contributed by atoms with Crippen molar-refractivity contribution in [3.63, 3.8) is 0 Å². The summed E-state index contributed by atoms with van der Waals surface area (Å²) in [5, 5.41) is 0. The molecule has 7 heteroatoms. The maximum absolute atomic E-state index is 13.8. The topological polar surface area (TPSA) is 62.3 Å². The zero-order valence-electron chi connectivity index (χ0n) is 21.0. The predicted molar refractivity (Wildman–Crippen MR) is 133 cm³/mol. The number of hydrogen-bond acceptors (Lipinski definition) is 5. The largest absolute Gasteiger partial charge is 0.497 e. The zero-order valence-corrected chi connectivity index (χ0v) is 21.0. The molecule has 3 aliphatic rings. The van der Waals surface area contributed by atoms with E-state index in [0.717, 1.165) is 49.7 Å². The normalized spacial score (nSPS) is 19.5. The Balaban J connectivity index is 1.31. The zero-order chi connectivity index (χ0) is 24.6. The van der Waals surface area contributed by atoms with Crippen molar-refractivity contribution in [1.82, 2.24) is 14.7 Å². The summed E-state index contributed by atoms with van der Waals surface area (Å²) in [4.78, 5) is 33.1. The molecule has 0 aromatic heterocycles. The Labute approximate surface area is 207 Å². The summed E-state index contributed by atoms with van der Waals surface area (Å²) in [5.74, 6) is 2.00. The fraction of sp³-hybridized carbons (Fsp3) is 0.500. The van der Waals surface area contributed by atoms with Crippen molar-refractivity contribution >= 4 is 11.9 Å². The lowest BCUT2D eigenvalue weighted by atomic mass is 9.85. The molecule has 3 amide bonds. The average Bonchev–Trinajstić information content (AvgIpc) is 3.39. The third-order valence-electron chi connectivity index (χ3n) is 7.51. The number of methoxy groups -OCH3 is 1. The van der Waals surface area contributed by atoms with E-state index < -0.39 is 5.54 Å². The molecule has 3 heterocycles. The van der Waals surface area contributed by atoms with Crippen LogP contribution in [0.5, 0.6) is 11.5 Å². The smallest absolute Gasteiger partial charge is 0.327 e. The van der Waals surface area contributed by atoms with E-state index in [9.17, 15) is 9.59 Å². The van der Waals surface area contributed by atoms with Gasteiger partial charge in [0.15, 0.2) is 0 Å². The van der Waals surface area contributed by atoms with E-state index in [1.165, 1.54) is 16.0 Å². The van der Waals surface area contributed by atoms with Crippen molar-refractivity contribution in [2.75, 3.05) is 33.4 Å².